The summed E-state index contributed by atoms with van der Waals surface area (Å²) in [5.41, 5.74) is 0.0973. The average Bonchev–Trinajstić information content (AvgIpc) is 0.827. The number of carbonyl (C=O) groups is 1. The lowest BCUT2D eigenvalue weighted by Crippen LogP contribution is -2.60. The second-order valence-electron chi connectivity index (χ2n) is 49.5. The van der Waals surface area contributed by atoms with Gasteiger partial charge >= 0.3 is 12.4 Å². The maximum absolute atomic E-state index is 13.8. The first-order chi connectivity index (χ1) is 55.5. The summed E-state index contributed by atoms with van der Waals surface area (Å²) in [5, 5.41) is 26.8. The molecule has 0 aromatic carbocycles. The first-order valence-electron chi connectivity index (χ1n) is 44.4. The monoisotopic (exact) mass is 1820 g/mol. The van der Waals surface area contributed by atoms with E-state index < -0.39 is 68.8 Å². The Morgan fingerprint density at radius 3 is 1.06 bits per heavy atom. The van der Waals surface area contributed by atoms with Crippen molar-refractivity contribution in [3.05, 3.63) is 40.4 Å². The molecule has 0 unspecified atom stereocenters. The third kappa shape index (κ3) is 37.8. The van der Waals surface area contributed by atoms with Gasteiger partial charge in [-0.2, -0.15) is 57.2 Å². The summed E-state index contributed by atoms with van der Waals surface area (Å²) in [7, 11) is 3.25. The van der Waals surface area contributed by atoms with Crippen LogP contribution >= 0.6 is 11.3 Å². The van der Waals surface area contributed by atoms with Crippen molar-refractivity contribution in [2.75, 3.05) is 47.2 Å². The lowest BCUT2D eigenvalue weighted by molar-refractivity contribution is -0.204. The molecule has 3 aromatic rings. The van der Waals surface area contributed by atoms with Gasteiger partial charge in [0.05, 0.1) is 79.1 Å². The minimum atomic E-state index is -4.06. The zero-order valence-corrected chi connectivity index (χ0v) is 88.0. The maximum Gasteiger partial charge on any atom is 0.392 e. The summed E-state index contributed by atoms with van der Waals surface area (Å²) in [5.74, 6) is 3.45. The Balaban J connectivity index is -0.00000132. The van der Waals surface area contributed by atoms with Crippen LogP contribution in [0.25, 0.3) is 0 Å². The third-order valence-electron chi connectivity index (χ3n) is 27.7. The number of methoxy groups -OCH3 is 1. The van der Waals surface area contributed by atoms with Crippen molar-refractivity contribution in [1.82, 2.24) is 41.1 Å². The molecule has 3 N–H and O–H groups in total. The van der Waals surface area contributed by atoms with Gasteiger partial charge in [-0.1, -0.05) is 295 Å². The molecule has 6 fully saturated rings. The second-order valence-corrected chi connectivity index (χ2v) is 50.4. The molecule has 2 aliphatic heterocycles. The van der Waals surface area contributed by atoms with Crippen molar-refractivity contribution in [3.8, 4) is 49.4 Å². The largest absolute Gasteiger partial charge is 0.392 e. The number of nitrogens with zero attached hydrogens (tertiary/aromatic N) is 5. The summed E-state index contributed by atoms with van der Waals surface area (Å²) < 4.78 is 152. The molecule has 0 bridgehead atoms. The van der Waals surface area contributed by atoms with E-state index in [-0.39, 0.29) is 80.3 Å². The van der Waals surface area contributed by atoms with E-state index in [0.717, 1.165) is 50.8 Å². The molecule has 9 rings (SSSR count). The summed E-state index contributed by atoms with van der Waals surface area (Å²) >= 11 is 1.72. The Labute approximate surface area is 764 Å². The number of halogens is 11. The number of alkyl halides is 11. The summed E-state index contributed by atoms with van der Waals surface area (Å²) in [6.45, 7) is 90.5. The van der Waals surface area contributed by atoms with Crippen molar-refractivity contribution in [2.24, 2.45) is 104 Å². The van der Waals surface area contributed by atoms with Crippen LogP contribution in [0.2, 0.25) is 0 Å². The van der Waals surface area contributed by atoms with Crippen LogP contribution in [-0.2, 0) is 35.3 Å². The Hall–Kier alpha value is -5.27. The number of amides is 1. The normalized spacial score (nSPS) is 21.0. The Kier molecular flexibility index (Phi) is 44.6. The van der Waals surface area contributed by atoms with Crippen molar-refractivity contribution >= 4 is 17.2 Å². The van der Waals surface area contributed by atoms with Crippen molar-refractivity contribution in [3.63, 3.8) is 0 Å². The molecule has 1 amide bonds. The van der Waals surface area contributed by atoms with E-state index in [1.54, 1.807) is 79.3 Å². The molecular formula is C102H177F11N8O4S. The van der Waals surface area contributed by atoms with Crippen LogP contribution in [0.3, 0.4) is 0 Å². The number of aromatic amines is 2. The molecule has 12 nitrogen and oxygen atoms in total. The maximum atomic E-state index is 13.8. The fraction of sp³-hybridized carbons (Fsp3) is 0.843. The van der Waals surface area contributed by atoms with Gasteiger partial charge in [-0.3, -0.25) is 4.79 Å². The van der Waals surface area contributed by atoms with Gasteiger partial charge in [-0.15, -0.1) is 43.0 Å². The summed E-state index contributed by atoms with van der Waals surface area (Å²) in [4.78, 5) is 15.8. The predicted octanol–water partition coefficient (Wildman–Crippen LogP) is 29.5. The molecular weight excluding hydrogens is 1640 g/mol. The van der Waals surface area contributed by atoms with E-state index in [1.165, 1.54) is 38.7 Å². The predicted molar refractivity (Wildman–Crippen MR) is 504 cm³/mol. The molecule has 24 heteroatoms. The SMILES string of the molecule is C#CC(C)(C)C(C)(C)C.C#CC1(C(C)(C)C)CC(F)(F)C1.C#CC1(C(C)(C)C)CC1.C#CCC(C)(C)C.CC(C)(C)C1(C)COC1.CC(C)(C)c1nccs1.CC(C)C(C)(C)c1cn[nH]n1.CC1(F)CC(c2cn[nH]n2)(C(C)(C)C)C1.CNC(=O)C1(C(C)(C)C)CC(F)(F)C1.COCC1(C(C)(C)C)COC1.C[C@@H](C(C)(C)C)C(F)(F)F.C[C@H](C(C)(C)C)C(F)(F)F. The zero-order valence-electron chi connectivity index (χ0n) is 87.2. The fourth-order valence-electron chi connectivity index (χ4n) is 12.9. The van der Waals surface area contributed by atoms with Crippen LogP contribution in [0.4, 0.5) is 48.3 Å². The van der Waals surface area contributed by atoms with Crippen LogP contribution in [0.15, 0.2) is 24.0 Å². The molecule has 6 aliphatic rings. The highest BCUT2D eigenvalue weighted by Crippen LogP contribution is 2.63. The van der Waals surface area contributed by atoms with Gasteiger partial charge in [0.15, 0.2) is 0 Å². The first kappa shape index (κ1) is 125. The quantitative estimate of drug-likeness (QED) is 0.162. The summed E-state index contributed by atoms with van der Waals surface area (Å²) in [6.07, 6.45) is 21.8. The highest BCUT2D eigenvalue weighted by Gasteiger charge is 2.66. The van der Waals surface area contributed by atoms with Crippen LogP contribution in [-0.4, -0.2) is 119 Å². The van der Waals surface area contributed by atoms with Crippen molar-refractivity contribution in [2.45, 2.75) is 402 Å². The van der Waals surface area contributed by atoms with E-state index >= 15 is 0 Å². The van der Waals surface area contributed by atoms with Gasteiger partial charge in [0.1, 0.15) is 5.67 Å². The Morgan fingerprint density at radius 1 is 0.540 bits per heavy atom. The first-order valence-corrected chi connectivity index (χ1v) is 45.3. The van der Waals surface area contributed by atoms with Crippen molar-refractivity contribution in [1.29, 1.82) is 0 Å². The van der Waals surface area contributed by atoms with E-state index in [2.05, 4.69) is 259 Å². The lowest BCUT2D eigenvalue weighted by atomic mass is 9.49. The minimum absolute atomic E-state index is 0.00694. The average molecular weight is 1820 g/mol. The number of rotatable bonds is 6. The van der Waals surface area contributed by atoms with Crippen LogP contribution in [0, 0.1) is 154 Å². The number of carbonyl (C=O) groups excluding carboxylic acids is 1. The number of nitrogens with one attached hydrogen (secondary N) is 3. The number of terminal acetylenes is 4. The van der Waals surface area contributed by atoms with E-state index in [0.29, 0.717) is 45.8 Å². The molecule has 2 atom stereocenters. The highest BCUT2D eigenvalue weighted by atomic mass is 32.1. The fourth-order valence-corrected chi connectivity index (χ4v) is 13.6. The van der Waals surface area contributed by atoms with Gasteiger partial charge in [0.25, 0.3) is 5.92 Å². The van der Waals surface area contributed by atoms with E-state index in [4.69, 9.17) is 39.9 Å². The van der Waals surface area contributed by atoms with E-state index in [1.807, 2.05) is 53.1 Å². The highest BCUT2D eigenvalue weighted by molar-refractivity contribution is 7.09. The van der Waals surface area contributed by atoms with Crippen LogP contribution in [0.5, 0.6) is 0 Å². The number of thiazole rings is 1. The molecule has 3 aromatic heterocycles. The smallest absolute Gasteiger partial charge is 0.384 e. The zero-order chi connectivity index (χ0) is 101. The van der Waals surface area contributed by atoms with E-state index in [9.17, 15) is 53.1 Å². The standard InChI is InChI=1S/C11H18FN3.C10H17F2NO.C10H14F2.C9H18O2.C9H14.C9H16.C8H15N3.C8H16O.2C7H13F3.C7H11NS.C7H12/c1-9(2,3)11(6-10(4,12)7-11)8-5-13-15-14-8;1-8(2,3)9(7(14)13-4)5-10(11,12)6-9;1-5-9(8(2,3)4)6-10(11,12)7-9;1-8(2,3)9(5-10-4)6-11-7-9;1-5-9(6-7-9)8(2,3)4;1-7-9(5,6)8(2,3)4;1-6(2)8(3,4)7-5-9-11-10-7;1-7(2,3)8(4)5-9-6-8;2*1-5(6(2,3)4)7(8,9)10;1-7(2,3)6-8-4-5-9-6;1-5-6-7(2,3)4/h5H,6-7H2,1-4H3,(H,13,14,15);5-6H2,1-4H3,(H,13,14);1H,6-7H2,2-4H3;5-7H2,1-4H3;1H,6-7H2,2-4H3;1H,2-6H3;5-6H,1-4H3,(H,9,10,11);5-6H2,1-4H3;2*5H,1-4H3;4-5H,1-3H3;1H,6H2,2-4H3/t;;;;;;;;2*5-;;/m........10../s1. The minimum Gasteiger partial charge on any atom is -0.384 e. The van der Waals surface area contributed by atoms with Crippen LogP contribution in [0.1, 0.15) is 372 Å². The third-order valence-corrected chi connectivity index (χ3v) is 28.9. The van der Waals surface area contributed by atoms with Gasteiger partial charge in [0, 0.05) is 101 Å². The summed E-state index contributed by atoms with van der Waals surface area (Å²) in [6, 6.07) is 0. The van der Waals surface area contributed by atoms with Gasteiger partial charge in [-0.25, -0.2) is 26.9 Å². The number of hydrogen-bond donors (Lipinski definition) is 3. The lowest BCUT2D eigenvalue weighted by Gasteiger charge is -2.56. The number of aromatic nitrogens is 7. The molecule has 5 heterocycles. The van der Waals surface area contributed by atoms with Crippen molar-refractivity contribution < 1.29 is 67.3 Å². The van der Waals surface area contributed by atoms with Gasteiger partial charge in [-0.05, 0) is 107 Å². The Morgan fingerprint density at radius 2 is 0.937 bits per heavy atom. The molecule has 732 valence electrons. The molecule has 126 heavy (non-hydrogen) atoms. The molecule has 0 radical (unpaired) electrons. The Bertz CT molecular complexity index is 3700. The molecule has 0 spiro atoms. The number of hydrogen-bond acceptors (Lipinski definition) is 10. The number of ether oxygens (including phenoxy) is 3. The number of H-pyrrole nitrogens is 2. The molecule has 4 saturated carbocycles. The van der Waals surface area contributed by atoms with Gasteiger partial charge < -0.3 is 19.5 Å². The molecule has 4 aliphatic carbocycles. The van der Waals surface area contributed by atoms with Gasteiger partial charge in [0.2, 0.25) is 11.8 Å². The second kappa shape index (κ2) is 45.0. The topological polar surface area (TPSA) is 153 Å². The van der Waals surface area contributed by atoms with Crippen LogP contribution < -0.4 is 5.32 Å². The molecule has 2 saturated heterocycles.